The summed E-state index contributed by atoms with van der Waals surface area (Å²) in [6, 6.07) is 4.79. The molecular weight excluding hydrogens is 357 g/mol. The minimum Gasteiger partial charge on any atom is -0.482 e. The molecule has 0 aliphatic carbocycles. The molecule has 0 saturated carbocycles. The third-order valence-electron chi connectivity index (χ3n) is 2.81. The highest BCUT2D eigenvalue weighted by molar-refractivity contribution is 7.11. The van der Waals surface area contributed by atoms with Crippen molar-refractivity contribution in [3.8, 4) is 5.75 Å². The molecule has 1 amide bonds. The SMILES string of the molecule is Cc1nc(C)c(CC=NNC(=O)COc2ccc(Cl)cc2Cl)s1. The molecule has 2 rings (SSSR count). The van der Waals surface area contributed by atoms with Gasteiger partial charge >= 0.3 is 0 Å². The Bertz CT molecular complexity index is 732. The zero-order valence-corrected chi connectivity index (χ0v) is 14.9. The summed E-state index contributed by atoms with van der Waals surface area (Å²) in [5.41, 5.74) is 3.39. The Morgan fingerprint density at radius 3 is 2.87 bits per heavy atom. The number of aryl methyl sites for hydroxylation is 2. The van der Waals surface area contributed by atoms with Crippen LogP contribution < -0.4 is 10.2 Å². The first kappa shape index (κ1) is 17.7. The Kier molecular flexibility index (Phi) is 6.38. The van der Waals surface area contributed by atoms with Crippen LogP contribution in [0, 0.1) is 13.8 Å². The molecule has 1 heterocycles. The minimum atomic E-state index is -0.371. The summed E-state index contributed by atoms with van der Waals surface area (Å²) >= 11 is 13.4. The predicted molar refractivity (Wildman–Crippen MR) is 93.9 cm³/mol. The molecule has 0 radical (unpaired) electrons. The number of nitrogens with zero attached hydrogens (tertiary/aromatic N) is 2. The number of rotatable bonds is 6. The molecule has 8 heteroatoms. The number of nitrogens with one attached hydrogen (secondary N) is 1. The monoisotopic (exact) mass is 371 g/mol. The van der Waals surface area contributed by atoms with Gasteiger partial charge in [0.15, 0.2) is 6.61 Å². The summed E-state index contributed by atoms with van der Waals surface area (Å²) in [6.07, 6.45) is 2.26. The van der Waals surface area contributed by atoms with Crippen molar-refractivity contribution in [2.45, 2.75) is 20.3 Å². The number of thiazole rings is 1. The molecule has 5 nitrogen and oxygen atoms in total. The molecule has 122 valence electrons. The van der Waals surface area contributed by atoms with Crippen LogP contribution in [0.4, 0.5) is 0 Å². The third-order valence-corrected chi connectivity index (χ3v) is 4.44. The number of carbonyl (C=O) groups excluding carboxylic acids is 1. The largest absolute Gasteiger partial charge is 0.482 e. The fraction of sp³-hybridized carbons (Fsp3) is 0.267. The second kappa shape index (κ2) is 8.29. The van der Waals surface area contributed by atoms with Crippen LogP contribution in [0.1, 0.15) is 15.6 Å². The highest BCUT2D eigenvalue weighted by Crippen LogP contribution is 2.27. The molecule has 0 fully saturated rings. The van der Waals surface area contributed by atoms with Crippen LogP contribution in [-0.4, -0.2) is 23.7 Å². The normalized spacial score (nSPS) is 11.0. The maximum Gasteiger partial charge on any atom is 0.277 e. The lowest BCUT2D eigenvalue weighted by atomic mass is 10.3. The van der Waals surface area contributed by atoms with Gasteiger partial charge in [-0.25, -0.2) is 10.4 Å². The van der Waals surface area contributed by atoms with Crippen LogP contribution in [0.3, 0.4) is 0 Å². The Morgan fingerprint density at radius 1 is 1.43 bits per heavy atom. The molecular formula is C15H15Cl2N3O2S. The van der Waals surface area contributed by atoms with Crippen molar-refractivity contribution in [2.24, 2.45) is 5.10 Å². The number of benzene rings is 1. The molecule has 0 atom stereocenters. The second-order valence-electron chi connectivity index (χ2n) is 4.66. The van der Waals surface area contributed by atoms with Crippen molar-refractivity contribution in [2.75, 3.05) is 6.61 Å². The van der Waals surface area contributed by atoms with Crippen molar-refractivity contribution in [3.63, 3.8) is 0 Å². The van der Waals surface area contributed by atoms with Crippen molar-refractivity contribution < 1.29 is 9.53 Å². The molecule has 0 aliphatic heterocycles. The van der Waals surface area contributed by atoms with Gasteiger partial charge in [0.05, 0.1) is 15.7 Å². The minimum absolute atomic E-state index is 0.183. The van der Waals surface area contributed by atoms with Crippen molar-refractivity contribution in [3.05, 3.63) is 43.8 Å². The average Bonchev–Trinajstić information content (AvgIpc) is 2.80. The standard InChI is InChI=1S/C15H15Cl2N3O2S/c1-9-14(23-10(2)19-9)5-6-18-20-15(21)8-22-13-4-3-11(16)7-12(13)17/h3-4,6-7H,5,8H2,1-2H3,(H,20,21). The highest BCUT2D eigenvalue weighted by atomic mass is 35.5. The Labute approximate surface area is 148 Å². The number of hydrazone groups is 1. The first-order valence-electron chi connectivity index (χ1n) is 6.77. The van der Waals surface area contributed by atoms with Gasteiger partial charge in [0.2, 0.25) is 0 Å². The molecule has 2 aromatic rings. The van der Waals surface area contributed by atoms with Gasteiger partial charge in [0, 0.05) is 22.5 Å². The van der Waals surface area contributed by atoms with E-state index < -0.39 is 0 Å². The number of ether oxygens (including phenoxy) is 1. The second-order valence-corrected chi connectivity index (χ2v) is 6.79. The fourth-order valence-electron chi connectivity index (χ4n) is 1.78. The Balaban J connectivity index is 1.76. The zero-order chi connectivity index (χ0) is 16.8. The maximum absolute atomic E-state index is 11.6. The van der Waals surface area contributed by atoms with Gasteiger partial charge in [0.25, 0.3) is 5.91 Å². The van der Waals surface area contributed by atoms with Crippen LogP contribution in [-0.2, 0) is 11.2 Å². The molecule has 1 aromatic carbocycles. The smallest absolute Gasteiger partial charge is 0.277 e. The summed E-state index contributed by atoms with van der Waals surface area (Å²) in [6.45, 7) is 3.73. The highest BCUT2D eigenvalue weighted by Gasteiger charge is 2.06. The first-order chi connectivity index (χ1) is 11.0. The lowest BCUT2D eigenvalue weighted by Gasteiger charge is -2.06. The summed E-state index contributed by atoms with van der Waals surface area (Å²) < 4.78 is 5.31. The Hall–Kier alpha value is -1.63. The van der Waals surface area contributed by atoms with E-state index in [1.165, 1.54) is 0 Å². The van der Waals surface area contributed by atoms with Gasteiger partial charge in [-0.05, 0) is 32.0 Å². The third kappa shape index (κ3) is 5.49. The molecule has 0 unspecified atom stereocenters. The van der Waals surface area contributed by atoms with E-state index in [0.717, 1.165) is 15.6 Å². The number of hydrogen-bond acceptors (Lipinski definition) is 5. The van der Waals surface area contributed by atoms with Gasteiger partial charge in [-0.1, -0.05) is 23.2 Å². The summed E-state index contributed by atoms with van der Waals surface area (Å²) in [5, 5.41) is 5.76. The lowest BCUT2D eigenvalue weighted by Crippen LogP contribution is -2.24. The number of hydrogen-bond donors (Lipinski definition) is 1. The quantitative estimate of drug-likeness (QED) is 0.620. The molecule has 0 saturated heterocycles. The molecule has 23 heavy (non-hydrogen) atoms. The number of amides is 1. The summed E-state index contributed by atoms with van der Waals surface area (Å²) in [4.78, 5) is 17.1. The fourth-order valence-corrected chi connectivity index (χ4v) is 3.13. The number of carbonyl (C=O) groups is 1. The molecule has 0 spiro atoms. The predicted octanol–water partition coefficient (Wildman–Crippen LogP) is 3.79. The van der Waals surface area contributed by atoms with E-state index in [9.17, 15) is 4.79 Å². The molecule has 0 aliphatic rings. The van der Waals surface area contributed by atoms with Gasteiger partial charge in [0.1, 0.15) is 5.75 Å². The van der Waals surface area contributed by atoms with E-state index in [1.54, 1.807) is 35.8 Å². The van der Waals surface area contributed by atoms with Crippen LogP contribution >= 0.6 is 34.5 Å². The molecule has 1 N–H and O–H groups in total. The van der Waals surface area contributed by atoms with Crippen LogP contribution in [0.15, 0.2) is 23.3 Å². The van der Waals surface area contributed by atoms with Crippen molar-refractivity contribution in [1.29, 1.82) is 0 Å². The van der Waals surface area contributed by atoms with E-state index in [-0.39, 0.29) is 12.5 Å². The van der Waals surface area contributed by atoms with Crippen molar-refractivity contribution in [1.82, 2.24) is 10.4 Å². The van der Waals surface area contributed by atoms with E-state index in [4.69, 9.17) is 27.9 Å². The van der Waals surface area contributed by atoms with Crippen LogP contribution in [0.25, 0.3) is 0 Å². The molecule has 1 aromatic heterocycles. The van der Waals surface area contributed by atoms with Crippen molar-refractivity contribution >= 4 is 46.7 Å². The van der Waals surface area contributed by atoms with Gasteiger partial charge in [-0.3, -0.25) is 4.79 Å². The van der Waals surface area contributed by atoms with E-state index in [0.29, 0.717) is 22.2 Å². The first-order valence-corrected chi connectivity index (χ1v) is 8.34. The van der Waals surface area contributed by atoms with Gasteiger partial charge in [-0.15, -0.1) is 11.3 Å². The molecule has 0 bridgehead atoms. The van der Waals surface area contributed by atoms with Gasteiger partial charge < -0.3 is 4.74 Å². The van der Waals surface area contributed by atoms with E-state index in [2.05, 4.69) is 15.5 Å². The van der Waals surface area contributed by atoms with E-state index in [1.807, 2.05) is 13.8 Å². The van der Waals surface area contributed by atoms with Crippen LogP contribution in [0.5, 0.6) is 5.75 Å². The Morgan fingerprint density at radius 2 is 2.22 bits per heavy atom. The van der Waals surface area contributed by atoms with Gasteiger partial charge in [-0.2, -0.15) is 5.10 Å². The summed E-state index contributed by atoms with van der Waals surface area (Å²) in [5.74, 6) is 0.0235. The lowest BCUT2D eigenvalue weighted by molar-refractivity contribution is -0.123. The zero-order valence-electron chi connectivity index (χ0n) is 12.6. The van der Waals surface area contributed by atoms with Crippen LogP contribution in [0.2, 0.25) is 10.0 Å². The number of halogens is 2. The average molecular weight is 372 g/mol. The summed E-state index contributed by atoms with van der Waals surface area (Å²) in [7, 11) is 0. The topological polar surface area (TPSA) is 63.6 Å². The van der Waals surface area contributed by atoms with E-state index >= 15 is 0 Å². The number of aromatic nitrogens is 1. The maximum atomic E-state index is 11.6.